The van der Waals surface area contributed by atoms with E-state index in [0.29, 0.717) is 43.4 Å². The van der Waals surface area contributed by atoms with Gasteiger partial charge >= 0.3 is 0 Å². The van der Waals surface area contributed by atoms with Gasteiger partial charge in [0, 0.05) is 22.9 Å². The molecule has 0 unspecified atom stereocenters. The predicted octanol–water partition coefficient (Wildman–Crippen LogP) is 5.25. The number of thioether (sulfide) groups is 1. The highest BCUT2D eigenvalue weighted by Gasteiger charge is 2.20. The minimum absolute atomic E-state index is 0.0180. The molecule has 0 radical (unpaired) electrons. The summed E-state index contributed by atoms with van der Waals surface area (Å²) in [7, 11) is 0. The maximum atomic E-state index is 13.3. The number of nitrogens with zero attached hydrogens (tertiary/aromatic N) is 3. The normalized spacial score (nSPS) is 11.0. The third-order valence-corrected chi connectivity index (χ3v) is 6.90. The Morgan fingerprint density at radius 3 is 2.94 bits per heavy atom. The number of carbonyl (C=O) groups is 1. The van der Waals surface area contributed by atoms with Gasteiger partial charge in [0.1, 0.15) is 27.9 Å². The number of anilines is 1. The Labute approximate surface area is 201 Å². The Hall–Kier alpha value is -4.07. The van der Waals surface area contributed by atoms with E-state index in [1.54, 1.807) is 48.7 Å². The first-order valence-corrected chi connectivity index (χ1v) is 12.0. The predicted molar refractivity (Wildman–Crippen MR) is 132 cm³/mol. The van der Waals surface area contributed by atoms with E-state index >= 15 is 0 Å². The van der Waals surface area contributed by atoms with Crippen LogP contribution in [0.15, 0.2) is 79.5 Å². The van der Waals surface area contributed by atoms with E-state index in [1.165, 1.54) is 15.9 Å². The van der Waals surface area contributed by atoms with Crippen LogP contribution in [0.3, 0.4) is 0 Å². The number of aromatic nitrogens is 2. The lowest BCUT2D eigenvalue weighted by molar-refractivity contribution is -0.113. The van der Waals surface area contributed by atoms with E-state index in [4.69, 9.17) is 8.83 Å². The fraction of sp³-hybridized carbons (Fsp3) is 0.0833. The number of amides is 1. The number of thiophene rings is 1. The molecule has 4 aromatic heterocycles. The van der Waals surface area contributed by atoms with Crippen LogP contribution in [-0.2, 0) is 11.3 Å². The van der Waals surface area contributed by atoms with E-state index < -0.39 is 0 Å². The molecule has 5 rings (SSSR count). The van der Waals surface area contributed by atoms with Crippen LogP contribution in [0.4, 0.5) is 5.69 Å². The van der Waals surface area contributed by atoms with E-state index in [9.17, 15) is 14.9 Å². The van der Waals surface area contributed by atoms with E-state index in [0.717, 1.165) is 11.8 Å². The van der Waals surface area contributed by atoms with Gasteiger partial charge in [-0.15, -0.1) is 17.9 Å². The van der Waals surface area contributed by atoms with Gasteiger partial charge in [-0.05, 0) is 24.3 Å². The van der Waals surface area contributed by atoms with Crippen LogP contribution in [0.5, 0.6) is 0 Å². The minimum atomic E-state index is -0.352. The molecule has 8 nitrogen and oxygen atoms in total. The van der Waals surface area contributed by atoms with Crippen LogP contribution in [0, 0.1) is 11.3 Å². The molecule has 168 valence electrons. The molecular formula is C24H16N4O4S2. The molecule has 5 aromatic rings. The molecule has 10 heteroatoms. The van der Waals surface area contributed by atoms with Crippen molar-refractivity contribution in [1.29, 1.82) is 5.26 Å². The highest BCUT2D eigenvalue weighted by molar-refractivity contribution is 7.99. The van der Waals surface area contributed by atoms with Crippen LogP contribution in [0.25, 0.3) is 32.5 Å². The van der Waals surface area contributed by atoms with E-state index in [1.807, 2.05) is 11.4 Å². The fourth-order valence-corrected chi connectivity index (χ4v) is 5.35. The maximum Gasteiger partial charge on any atom is 0.263 e. The Morgan fingerprint density at radius 1 is 1.32 bits per heavy atom. The summed E-state index contributed by atoms with van der Waals surface area (Å²) < 4.78 is 12.5. The number of allylic oxidation sites excluding steroid dienone is 1. The lowest BCUT2D eigenvalue weighted by Crippen LogP contribution is -2.23. The van der Waals surface area contributed by atoms with Crippen LogP contribution < -0.4 is 10.9 Å². The Kier molecular flexibility index (Phi) is 5.79. The van der Waals surface area contributed by atoms with Crippen molar-refractivity contribution in [3.63, 3.8) is 0 Å². The number of nitriles is 1. The molecule has 0 aliphatic rings. The molecule has 1 aromatic carbocycles. The van der Waals surface area contributed by atoms with Crippen LogP contribution in [0.1, 0.15) is 5.76 Å². The number of nitrogens with one attached hydrogen (secondary N) is 1. The van der Waals surface area contributed by atoms with Crippen molar-refractivity contribution in [1.82, 2.24) is 9.55 Å². The molecule has 1 N–H and O–H groups in total. The van der Waals surface area contributed by atoms with Gasteiger partial charge in [-0.3, -0.25) is 14.2 Å². The third kappa shape index (κ3) is 3.81. The highest BCUT2D eigenvalue weighted by atomic mass is 32.2. The van der Waals surface area contributed by atoms with E-state index in [2.05, 4.69) is 16.9 Å². The Morgan fingerprint density at radius 2 is 2.18 bits per heavy atom. The number of carbonyl (C=O) groups excluding carboxylic acids is 1. The number of fused-ring (bicyclic) bond motifs is 2. The van der Waals surface area contributed by atoms with Gasteiger partial charge in [-0.1, -0.05) is 30.0 Å². The number of hydrogen-bond donors (Lipinski definition) is 1. The van der Waals surface area contributed by atoms with Crippen molar-refractivity contribution in [3.8, 4) is 17.4 Å². The standard InChI is InChI=1S/C24H16N4O4S2/c1-2-9-28-23(30)20-15(16-8-5-10-31-16)12-33-22(20)27-24(28)34-13-19(29)26-21-14-6-3-4-7-17(14)32-18(21)11-25/h2-8,10,12H,1,9,13H2,(H,26,29). The molecule has 0 atom stereocenters. The van der Waals surface area contributed by atoms with Gasteiger partial charge in [0.25, 0.3) is 5.56 Å². The molecule has 0 aliphatic carbocycles. The largest absolute Gasteiger partial charge is 0.464 e. The fourth-order valence-electron chi connectivity index (χ4n) is 3.57. The average molecular weight is 489 g/mol. The van der Waals surface area contributed by atoms with Gasteiger partial charge in [0.05, 0.1) is 17.4 Å². The molecule has 34 heavy (non-hydrogen) atoms. The zero-order valence-corrected chi connectivity index (χ0v) is 19.2. The van der Waals surface area contributed by atoms with Crippen molar-refractivity contribution in [2.45, 2.75) is 11.7 Å². The Balaban J connectivity index is 1.44. The first-order chi connectivity index (χ1) is 16.6. The second-order valence-electron chi connectivity index (χ2n) is 7.16. The molecule has 0 fully saturated rings. The zero-order valence-electron chi connectivity index (χ0n) is 17.6. The van der Waals surface area contributed by atoms with Gasteiger partial charge < -0.3 is 14.2 Å². The van der Waals surface area contributed by atoms with Crippen molar-refractivity contribution in [2.75, 3.05) is 11.1 Å². The number of furan rings is 2. The SMILES string of the molecule is C=CCn1c(SCC(=O)Nc2c(C#N)oc3ccccc23)nc2scc(-c3ccco3)c2c1=O. The number of para-hydroxylation sites is 1. The van der Waals surface area contributed by atoms with Gasteiger partial charge in [-0.2, -0.15) is 5.26 Å². The summed E-state index contributed by atoms with van der Waals surface area (Å²) in [5, 5.41) is 15.5. The molecule has 1 amide bonds. The summed E-state index contributed by atoms with van der Waals surface area (Å²) in [5.74, 6) is 0.257. The highest BCUT2D eigenvalue weighted by Crippen LogP contribution is 2.33. The molecule has 0 aliphatic heterocycles. The van der Waals surface area contributed by atoms with Crippen LogP contribution >= 0.6 is 23.1 Å². The smallest absolute Gasteiger partial charge is 0.263 e. The zero-order chi connectivity index (χ0) is 23.7. The van der Waals surface area contributed by atoms with Crippen molar-refractivity contribution < 1.29 is 13.6 Å². The van der Waals surface area contributed by atoms with E-state index in [-0.39, 0.29) is 29.5 Å². The number of benzene rings is 1. The maximum absolute atomic E-state index is 13.3. The quantitative estimate of drug-likeness (QED) is 0.189. The second-order valence-corrected chi connectivity index (χ2v) is 8.96. The molecule has 0 bridgehead atoms. The number of rotatable bonds is 7. The topological polar surface area (TPSA) is 114 Å². The van der Waals surface area contributed by atoms with Crippen molar-refractivity contribution in [2.24, 2.45) is 0 Å². The summed E-state index contributed by atoms with van der Waals surface area (Å²) in [4.78, 5) is 31.3. The summed E-state index contributed by atoms with van der Waals surface area (Å²) >= 11 is 2.47. The molecule has 4 heterocycles. The lowest BCUT2D eigenvalue weighted by Gasteiger charge is -2.10. The van der Waals surface area contributed by atoms with Gasteiger partial charge in [0.15, 0.2) is 5.16 Å². The van der Waals surface area contributed by atoms with Crippen molar-refractivity contribution >= 4 is 55.9 Å². The van der Waals surface area contributed by atoms with Gasteiger partial charge in [0.2, 0.25) is 11.7 Å². The van der Waals surface area contributed by atoms with Gasteiger partial charge in [-0.25, -0.2) is 4.98 Å². The second kappa shape index (κ2) is 9.05. The molecule has 0 saturated heterocycles. The molecule has 0 spiro atoms. The monoisotopic (exact) mass is 488 g/mol. The summed E-state index contributed by atoms with van der Waals surface area (Å²) in [6.07, 6.45) is 3.16. The summed E-state index contributed by atoms with van der Waals surface area (Å²) in [6, 6.07) is 12.6. The Bertz CT molecular complexity index is 1640. The average Bonchev–Trinajstić information content (AvgIpc) is 3.58. The first-order valence-electron chi connectivity index (χ1n) is 10.1. The minimum Gasteiger partial charge on any atom is -0.464 e. The van der Waals surface area contributed by atoms with Crippen molar-refractivity contribution in [3.05, 3.63) is 76.8 Å². The summed E-state index contributed by atoms with van der Waals surface area (Å²) in [5.41, 5.74) is 1.30. The van der Waals surface area contributed by atoms with Crippen LogP contribution in [-0.4, -0.2) is 21.2 Å². The van der Waals surface area contributed by atoms with Crippen LogP contribution in [0.2, 0.25) is 0 Å². The molecular weight excluding hydrogens is 472 g/mol. The first kappa shape index (κ1) is 21.8. The lowest BCUT2D eigenvalue weighted by atomic mass is 10.2. The third-order valence-electron chi connectivity index (χ3n) is 5.05. The number of hydrogen-bond acceptors (Lipinski definition) is 8. The summed E-state index contributed by atoms with van der Waals surface area (Å²) in [6.45, 7) is 3.98. The molecule has 0 saturated carbocycles.